The van der Waals surface area contributed by atoms with E-state index in [1.54, 1.807) is 6.20 Å². The molecule has 1 aromatic heterocycles. The lowest BCUT2D eigenvalue weighted by Gasteiger charge is -2.21. The Morgan fingerprint density at radius 2 is 1.90 bits per heavy atom. The molecule has 0 aliphatic carbocycles. The van der Waals surface area contributed by atoms with Crippen molar-refractivity contribution in [1.29, 1.82) is 0 Å². The van der Waals surface area contributed by atoms with E-state index in [1.807, 2.05) is 20.0 Å². The van der Waals surface area contributed by atoms with Crippen molar-refractivity contribution in [1.82, 2.24) is 4.98 Å². The zero-order valence-electron chi connectivity index (χ0n) is 12.7. The molecular formula is C17H23N3. The molecule has 3 heteroatoms. The van der Waals surface area contributed by atoms with Crippen molar-refractivity contribution in [2.45, 2.75) is 33.1 Å². The molecule has 2 N–H and O–H groups in total. The van der Waals surface area contributed by atoms with Gasteiger partial charge in [-0.1, -0.05) is 26.0 Å². The molecule has 2 aromatic rings. The van der Waals surface area contributed by atoms with E-state index in [9.17, 15) is 0 Å². The molecule has 106 valence electrons. The van der Waals surface area contributed by atoms with Gasteiger partial charge in [0, 0.05) is 12.7 Å². The van der Waals surface area contributed by atoms with Crippen molar-refractivity contribution >= 4 is 17.2 Å². The van der Waals surface area contributed by atoms with Gasteiger partial charge in [-0.25, -0.2) is 4.98 Å². The Labute approximate surface area is 121 Å². The van der Waals surface area contributed by atoms with Crippen LogP contribution >= 0.6 is 0 Å². The van der Waals surface area contributed by atoms with Crippen LogP contribution in [0.5, 0.6) is 0 Å². The largest absolute Gasteiger partial charge is 0.397 e. The van der Waals surface area contributed by atoms with E-state index < -0.39 is 0 Å². The van der Waals surface area contributed by atoms with Gasteiger partial charge in [0.1, 0.15) is 5.82 Å². The van der Waals surface area contributed by atoms with Gasteiger partial charge in [0.2, 0.25) is 0 Å². The molecule has 3 nitrogen and oxygen atoms in total. The summed E-state index contributed by atoms with van der Waals surface area (Å²) in [5, 5.41) is 0. The van der Waals surface area contributed by atoms with Gasteiger partial charge in [-0.15, -0.1) is 0 Å². The van der Waals surface area contributed by atoms with Crippen LogP contribution < -0.4 is 10.6 Å². The summed E-state index contributed by atoms with van der Waals surface area (Å²) in [7, 11) is 2.03. The van der Waals surface area contributed by atoms with Crippen LogP contribution in [0, 0.1) is 6.92 Å². The maximum absolute atomic E-state index is 5.75. The molecule has 0 saturated carbocycles. The molecule has 0 amide bonds. The fourth-order valence-corrected chi connectivity index (χ4v) is 2.32. The highest BCUT2D eigenvalue weighted by Crippen LogP contribution is 2.27. The Hall–Kier alpha value is -2.03. The normalized spacial score (nSPS) is 12.2. The number of hydrogen-bond donors (Lipinski definition) is 1. The van der Waals surface area contributed by atoms with Crippen LogP contribution in [0.15, 0.2) is 36.5 Å². The first kappa shape index (κ1) is 14.4. The Morgan fingerprint density at radius 1 is 1.25 bits per heavy atom. The van der Waals surface area contributed by atoms with E-state index in [2.05, 4.69) is 48.0 Å². The molecule has 0 bridgehead atoms. The lowest BCUT2D eigenvalue weighted by atomic mass is 9.98. The molecular weight excluding hydrogens is 246 g/mol. The predicted octanol–water partition coefficient (Wildman–Crippen LogP) is 4.25. The smallest absolute Gasteiger partial charge is 0.135 e. The van der Waals surface area contributed by atoms with E-state index in [1.165, 1.54) is 5.56 Å². The highest BCUT2D eigenvalue weighted by molar-refractivity contribution is 5.63. The average molecular weight is 269 g/mol. The Kier molecular flexibility index (Phi) is 4.28. The lowest BCUT2D eigenvalue weighted by Crippen LogP contribution is -2.13. The summed E-state index contributed by atoms with van der Waals surface area (Å²) in [5.74, 6) is 1.54. The molecule has 0 spiro atoms. The van der Waals surface area contributed by atoms with Crippen LogP contribution in [-0.4, -0.2) is 12.0 Å². The summed E-state index contributed by atoms with van der Waals surface area (Å²) >= 11 is 0. The first-order valence-electron chi connectivity index (χ1n) is 7.08. The third-order valence-electron chi connectivity index (χ3n) is 3.85. The monoisotopic (exact) mass is 269 g/mol. The number of rotatable bonds is 4. The minimum Gasteiger partial charge on any atom is -0.397 e. The predicted molar refractivity (Wildman–Crippen MR) is 86.6 cm³/mol. The number of benzene rings is 1. The van der Waals surface area contributed by atoms with Gasteiger partial charge < -0.3 is 10.6 Å². The number of nitrogens with zero attached hydrogens (tertiary/aromatic N) is 2. The molecule has 0 radical (unpaired) electrons. The van der Waals surface area contributed by atoms with Gasteiger partial charge >= 0.3 is 0 Å². The summed E-state index contributed by atoms with van der Waals surface area (Å²) in [6.07, 6.45) is 2.86. The molecule has 1 aromatic carbocycles. The van der Waals surface area contributed by atoms with Crippen molar-refractivity contribution < 1.29 is 0 Å². The number of nitrogens with two attached hydrogens (primary N) is 1. The number of nitrogen functional groups attached to an aromatic ring is 1. The van der Waals surface area contributed by atoms with Crippen LogP contribution in [0.4, 0.5) is 17.2 Å². The van der Waals surface area contributed by atoms with Gasteiger partial charge in [0.25, 0.3) is 0 Å². The summed E-state index contributed by atoms with van der Waals surface area (Å²) in [6.45, 7) is 6.50. The Morgan fingerprint density at radius 3 is 2.45 bits per heavy atom. The van der Waals surface area contributed by atoms with E-state index in [-0.39, 0.29) is 0 Å². The van der Waals surface area contributed by atoms with E-state index in [0.29, 0.717) is 11.6 Å². The SMILES string of the molecule is CCC(C)c1ccc(N(C)c2ncc(N)cc2C)cc1. The fourth-order valence-electron chi connectivity index (χ4n) is 2.32. The van der Waals surface area contributed by atoms with E-state index in [0.717, 1.165) is 23.5 Å². The Balaban J connectivity index is 2.26. The first-order valence-corrected chi connectivity index (χ1v) is 7.08. The zero-order chi connectivity index (χ0) is 14.7. The number of aryl methyl sites for hydroxylation is 1. The number of anilines is 3. The van der Waals surface area contributed by atoms with E-state index >= 15 is 0 Å². The van der Waals surface area contributed by atoms with Gasteiger partial charge in [0.05, 0.1) is 11.9 Å². The van der Waals surface area contributed by atoms with Crippen molar-refractivity contribution in [3.63, 3.8) is 0 Å². The zero-order valence-corrected chi connectivity index (χ0v) is 12.7. The number of hydrogen-bond acceptors (Lipinski definition) is 3. The molecule has 2 rings (SSSR count). The second-order valence-corrected chi connectivity index (χ2v) is 5.37. The molecule has 1 unspecified atom stereocenters. The van der Waals surface area contributed by atoms with Crippen molar-refractivity contribution in [2.24, 2.45) is 0 Å². The summed E-state index contributed by atoms with van der Waals surface area (Å²) in [4.78, 5) is 6.52. The summed E-state index contributed by atoms with van der Waals surface area (Å²) in [5.41, 5.74) is 10.1. The number of pyridine rings is 1. The summed E-state index contributed by atoms with van der Waals surface area (Å²) < 4.78 is 0. The highest BCUT2D eigenvalue weighted by Gasteiger charge is 2.09. The maximum atomic E-state index is 5.75. The quantitative estimate of drug-likeness (QED) is 0.902. The molecule has 1 heterocycles. The van der Waals surface area contributed by atoms with Crippen molar-refractivity contribution in [3.8, 4) is 0 Å². The second-order valence-electron chi connectivity index (χ2n) is 5.37. The van der Waals surface area contributed by atoms with Crippen LogP contribution in [0.2, 0.25) is 0 Å². The standard InChI is InChI=1S/C17H23N3/c1-5-12(2)14-6-8-16(9-7-14)20(4)17-13(3)10-15(18)11-19-17/h6-12H,5,18H2,1-4H3. The molecule has 0 fully saturated rings. The molecule has 0 aliphatic rings. The minimum absolute atomic E-state index is 0.603. The van der Waals surface area contributed by atoms with Gasteiger partial charge in [-0.2, -0.15) is 0 Å². The van der Waals surface area contributed by atoms with Crippen LogP contribution in [0.3, 0.4) is 0 Å². The minimum atomic E-state index is 0.603. The topological polar surface area (TPSA) is 42.2 Å². The van der Waals surface area contributed by atoms with Gasteiger partial charge in [-0.3, -0.25) is 0 Å². The molecule has 0 aliphatic heterocycles. The van der Waals surface area contributed by atoms with Crippen LogP contribution in [0.25, 0.3) is 0 Å². The maximum Gasteiger partial charge on any atom is 0.135 e. The molecule has 20 heavy (non-hydrogen) atoms. The Bertz CT molecular complexity index is 575. The first-order chi connectivity index (χ1) is 9.52. The third kappa shape index (κ3) is 2.93. The van der Waals surface area contributed by atoms with Gasteiger partial charge in [-0.05, 0) is 48.6 Å². The second kappa shape index (κ2) is 5.95. The van der Waals surface area contributed by atoms with Gasteiger partial charge in [0.15, 0.2) is 0 Å². The third-order valence-corrected chi connectivity index (χ3v) is 3.85. The lowest BCUT2D eigenvalue weighted by molar-refractivity contribution is 0.733. The average Bonchev–Trinajstić information content (AvgIpc) is 2.46. The highest BCUT2D eigenvalue weighted by atomic mass is 15.2. The van der Waals surface area contributed by atoms with Crippen molar-refractivity contribution in [2.75, 3.05) is 17.7 Å². The fraction of sp³-hybridized carbons (Fsp3) is 0.353. The number of aromatic nitrogens is 1. The molecule has 0 saturated heterocycles. The summed E-state index contributed by atoms with van der Waals surface area (Å²) in [6, 6.07) is 10.7. The van der Waals surface area contributed by atoms with Crippen molar-refractivity contribution in [3.05, 3.63) is 47.7 Å². The van der Waals surface area contributed by atoms with Crippen LogP contribution in [-0.2, 0) is 0 Å². The molecule has 1 atom stereocenters. The van der Waals surface area contributed by atoms with E-state index in [4.69, 9.17) is 5.73 Å². The van der Waals surface area contributed by atoms with Crippen LogP contribution in [0.1, 0.15) is 37.3 Å².